The van der Waals surface area contributed by atoms with Crippen molar-refractivity contribution < 1.29 is 22.5 Å². The number of benzene rings is 2. The molecule has 200 valence electrons. The molecule has 2 aromatic carbocycles. The molecule has 0 bridgehead atoms. The smallest absolute Gasteiger partial charge is 0.248 e. The van der Waals surface area contributed by atoms with E-state index < -0.39 is 15.9 Å². The highest BCUT2D eigenvalue weighted by Crippen LogP contribution is 2.35. The second-order valence-corrected chi connectivity index (χ2v) is 12.0. The van der Waals surface area contributed by atoms with Crippen LogP contribution in [-0.2, 0) is 14.8 Å². The highest BCUT2D eigenvalue weighted by molar-refractivity contribution is 7.89. The molecule has 1 amide bonds. The zero-order chi connectivity index (χ0) is 27.0. The van der Waals surface area contributed by atoms with Crippen molar-refractivity contribution in [2.24, 2.45) is 5.92 Å². The number of carbonyl (C=O) groups is 1. The van der Waals surface area contributed by atoms with Gasteiger partial charge >= 0.3 is 0 Å². The number of para-hydroxylation sites is 2. The van der Waals surface area contributed by atoms with Crippen molar-refractivity contribution >= 4 is 33.8 Å². The van der Waals surface area contributed by atoms with Gasteiger partial charge in [-0.2, -0.15) is 4.31 Å². The van der Waals surface area contributed by atoms with Crippen LogP contribution in [0.25, 0.3) is 12.2 Å². The van der Waals surface area contributed by atoms with Crippen LogP contribution in [0.2, 0.25) is 0 Å². The number of hydrogen-bond acceptors (Lipinski definition) is 6. The van der Waals surface area contributed by atoms with Gasteiger partial charge < -0.3 is 14.2 Å². The third-order valence-electron chi connectivity index (χ3n) is 7.30. The van der Waals surface area contributed by atoms with E-state index in [4.69, 9.17) is 9.26 Å². The number of carbonyl (C=O) groups excluding carboxylic acids is 1. The van der Waals surface area contributed by atoms with E-state index in [1.165, 1.54) is 9.87 Å². The van der Waals surface area contributed by atoms with Crippen molar-refractivity contribution in [3.8, 4) is 5.75 Å². The van der Waals surface area contributed by atoms with Crippen LogP contribution in [0.4, 0.5) is 5.69 Å². The lowest BCUT2D eigenvalue weighted by molar-refractivity contribution is -0.123. The summed E-state index contributed by atoms with van der Waals surface area (Å²) in [4.78, 5) is 15.3. The Morgan fingerprint density at radius 1 is 1.05 bits per heavy atom. The zero-order valence-corrected chi connectivity index (χ0v) is 23.0. The summed E-state index contributed by atoms with van der Waals surface area (Å²) in [5.41, 5.74) is 5.42. The molecule has 0 aliphatic carbocycles. The summed E-state index contributed by atoms with van der Waals surface area (Å²) in [7, 11) is -3.94. The Labute approximate surface area is 223 Å². The highest BCUT2D eigenvalue weighted by atomic mass is 32.2. The van der Waals surface area contributed by atoms with Gasteiger partial charge in [-0.15, -0.1) is 0 Å². The second-order valence-electron chi connectivity index (χ2n) is 10.1. The maximum Gasteiger partial charge on any atom is 0.248 e. The van der Waals surface area contributed by atoms with Crippen LogP contribution in [-0.4, -0.2) is 50.0 Å². The van der Waals surface area contributed by atoms with Crippen molar-refractivity contribution in [1.29, 1.82) is 0 Å². The number of anilines is 1. The van der Waals surface area contributed by atoms with Crippen molar-refractivity contribution in [3.05, 3.63) is 70.1 Å². The summed E-state index contributed by atoms with van der Waals surface area (Å²) in [6, 6.07) is 11.6. The molecule has 0 N–H and O–H groups in total. The quantitative estimate of drug-likeness (QED) is 0.461. The predicted molar refractivity (Wildman–Crippen MR) is 147 cm³/mol. The lowest BCUT2D eigenvalue weighted by Crippen LogP contribution is -2.48. The number of fused-ring (bicyclic) bond motifs is 1. The Morgan fingerprint density at radius 3 is 2.55 bits per heavy atom. The van der Waals surface area contributed by atoms with Gasteiger partial charge in [0.05, 0.1) is 18.2 Å². The molecule has 38 heavy (non-hydrogen) atoms. The maximum atomic E-state index is 13.9. The molecule has 0 unspecified atom stereocenters. The molecule has 5 rings (SSSR count). The summed E-state index contributed by atoms with van der Waals surface area (Å²) >= 11 is 0. The summed E-state index contributed by atoms with van der Waals surface area (Å²) in [6.45, 7) is 9.05. The molecule has 0 spiro atoms. The van der Waals surface area contributed by atoms with Crippen LogP contribution in [0.3, 0.4) is 0 Å². The van der Waals surface area contributed by atoms with E-state index in [9.17, 15) is 13.2 Å². The van der Waals surface area contributed by atoms with Gasteiger partial charge in [-0.05, 0) is 75.4 Å². The van der Waals surface area contributed by atoms with Gasteiger partial charge in [-0.3, -0.25) is 4.79 Å². The fraction of sp³-hybridized carbons (Fsp3) is 0.379. The molecule has 3 heterocycles. The fourth-order valence-electron chi connectivity index (χ4n) is 5.52. The Hall–Kier alpha value is -3.43. The molecule has 2 aliphatic heterocycles. The zero-order valence-electron chi connectivity index (χ0n) is 22.2. The standard InChI is InChI=1S/C29H33N3O5S/c1-19-16-20(2)24(21(3)17-19)11-12-27-28(22(4)30-37-27)38(34,35)31-13-7-8-23(18-31)29(33)32-14-15-36-26-10-6-5-9-25(26)32/h5-6,9-12,16-17,23H,7-8,13-15,18H2,1-4H3/b12-11+/t23-/m1/s1. The summed E-state index contributed by atoms with van der Waals surface area (Å²) in [6.07, 6.45) is 4.78. The van der Waals surface area contributed by atoms with Gasteiger partial charge in [0.15, 0.2) is 10.7 Å². The Morgan fingerprint density at radius 2 is 1.79 bits per heavy atom. The molecule has 1 atom stereocenters. The molecule has 0 saturated carbocycles. The minimum atomic E-state index is -3.94. The van der Waals surface area contributed by atoms with Gasteiger partial charge in [0.25, 0.3) is 0 Å². The maximum absolute atomic E-state index is 13.9. The highest BCUT2D eigenvalue weighted by Gasteiger charge is 2.39. The van der Waals surface area contributed by atoms with E-state index in [2.05, 4.69) is 17.3 Å². The summed E-state index contributed by atoms with van der Waals surface area (Å²) < 4.78 is 40.3. The minimum absolute atomic E-state index is 0.0565. The number of ether oxygens (including phenoxy) is 1. The fourth-order valence-corrected chi connectivity index (χ4v) is 7.30. The number of nitrogens with zero attached hydrogens (tertiary/aromatic N) is 3. The van der Waals surface area contributed by atoms with Crippen molar-refractivity contribution in [2.45, 2.75) is 45.4 Å². The van der Waals surface area contributed by atoms with Gasteiger partial charge in [0, 0.05) is 13.1 Å². The van der Waals surface area contributed by atoms with Crippen LogP contribution in [0.5, 0.6) is 5.75 Å². The Kier molecular flexibility index (Phi) is 7.15. The first-order chi connectivity index (χ1) is 18.2. The number of amides is 1. The topological polar surface area (TPSA) is 93.0 Å². The molecular formula is C29H33N3O5S. The number of aromatic nitrogens is 1. The molecule has 1 saturated heterocycles. The molecule has 8 nitrogen and oxygen atoms in total. The van der Waals surface area contributed by atoms with Gasteiger partial charge in [-0.1, -0.05) is 41.1 Å². The SMILES string of the molecule is Cc1cc(C)c(/C=C/c2onc(C)c2S(=O)(=O)N2CCC[C@@H](C(=O)N3CCOc4ccccc43)C2)c(C)c1. The Balaban J connectivity index is 1.40. The van der Waals surface area contributed by atoms with Crippen molar-refractivity contribution in [3.63, 3.8) is 0 Å². The van der Waals surface area contributed by atoms with E-state index >= 15 is 0 Å². The predicted octanol–water partition coefficient (Wildman–Crippen LogP) is 4.90. The first-order valence-corrected chi connectivity index (χ1v) is 14.4. The summed E-state index contributed by atoms with van der Waals surface area (Å²) in [5.74, 6) is 0.343. The molecule has 1 aromatic heterocycles. The average Bonchev–Trinajstić information content (AvgIpc) is 3.28. The second kappa shape index (κ2) is 10.4. The van der Waals surface area contributed by atoms with Gasteiger partial charge in [0.2, 0.25) is 15.9 Å². The van der Waals surface area contributed by atoms with Crippen LogP contribution in [0, 0.1) is 33.6 Å². The normalized spacial score (nSPS) is 18.4. The number of hydrogen-bond donors (Lipinski definition) is 0. The molecule has 2 aliphatic rings. The minimum Gasteiger partial charge on any atom is -0.490 e. The molecule has 9 heteroatoms. The van der Waals surface area contributed by atoms with Crippen LogP contribution >= 0.6 is 0 Å². The lowest BCUT2D eigenvalue weighted by atomic mass is 9.97. The van der Waals surface area contributed by atoms with Crippen LogP contribution in [0.15, 0.2) is 45.8 Å². The van der Waals surface area contributed by atoms with Gasteiger partial charge in [0.1, 0.15) is 18.1 Å². The monoisotopic (exact) mass is 535 g/mol. The van der Waals surface area contributed by atoms with Crippen LogP contribution in [0.1, 0.15) is 46.5 Å². The Bertz CT molecular complexity index is 1490. The van der Waals surface area contributed by atoms with E-state index in [1.807, 2.05) is 51.1 Å². The molecule has 1 fully saturated rings. The summed E-state index contributed by atoms with van der Waals surface area (Å²) in [5, 5.41) is 3.98. The first kappa shape index (κ1) is 26.2. The van der Waals surface area contributed by atoms with Crippen molar-refractivity contribution in [2.75, 3.05) is 31.1 Å². The van der Waals surface area contributed by atoms with E-state index in [1.54, 1.807) is 17.9 Å². The largest absolute Gasteiger partial charge is 0.490 e. The average molecular weight is 536 g/mol. The first-order valence-electron chi connectivity index (χ1n) is 12.9. The third kappa shape index (κ3) is 4.88. The number of rotatable bonds is 5. The third-order valence-corrected chi connectivity index (χ3v) is 9.32. The van der Waals surface area contributed by atoms with E-state index in [0.29, 0.717) is 44.0 Å². The van der Waals surface area contributed by atoms with E-state index in [0.717, 1.165) is 22.4 Å². The van der Waals surface area contributed by atoms with Gasteiger partial charge in [-0.25, -0.2) is 8.42 Å². The molecular weight excluding hydrogens is 502 g/mol. The molecule has 0 radical (unpaired) electrons. The number of aryl methyl sites for hydroxylation is 4. The van der Waals surface area contributed by atoms with E-state index in [-0.39, 0.29) is 23.1 Å². The number of sulfonamides is 1. The molecule has 3 aromatic rings. The number of piperidine rings is 1. The van der Waals surface area contributed by atoms with Crippen LogP contribution < -0.4 is 9.64 Å². The lowest BCUT2D eigenvalue weighted by Gasteiger charge is -2.36. The van der Waals surface area contributed by atoms with Crippen molar-refractivity contribution in [1.82, 2.24) is 9.46 Å².